The van der Waals surface area contributed by atoms with E-state index in [4.69, 9.17) is 9.84 Å². The number of cyclic esters (lactones) is 1. The minimum absolute atomic E-state index is 0.0314. The average molecular weight is 249 g/mol. The molecule has 1 amide bonds. The average Bonchev–Trinajstić information content (AvgIpc) is 2.39. The number of carbonyl (C=O) groups excluding carboxylic acids is 1. The second kappa shape index (κ2) is 5.87. The zero-order valence-electron chi connectivity index (χ0n) is 10.6. The van der Waals surface area contributed by atoms with Gasteiger partial charge in [-0.25, -0.2) is 4.79 Å². The molecule has 4 nitrogen and oxygen atoms in total. The van der Waals surface area contributed by atoms with Crippen molar-refractivity contribution in [3.8, 4) is 0 Å². The molecule has 1 aromatic rings. The lowest BCUT2D eigenvalue weighted by atomic mass is 10.0. The number of ether oxygens (including phenoxy) is 1. The molecule has 0 spiro atoms. The van der Waals surface area contributed by atoms with Crippen LogP contribution in [0.2, 0.25) is 0 Å². The number of hydrogen-bond donors (Lipinski definition) is 1. The number of amides is 1. The van der Waals surface area contributed by atoms with Crippen molar-refractivity contribution in [2.24, 2.45) is 0 Å². The van der Waals surface area contributed by atoms with Gasteiger partial charge in [-0.1, -0.05) is 25.1 Å². The van der Waals surface area contributed by atoms with Gasteiger partial charge in [-0.15, -0.1) is 0 Å². The largest absolute Gasteiger partial charge is 0.449 e. The van der Waals surface area contributed by atoms with Crippen molar-refractivity contribution in [1.82, 2.24) is 0 Å². The summed E-state index contributed by atoms with van der Waals surface area (Å²) in [5, 5.41) is 9.12. The number of aliphatic hydroxyl groups is 1. The molecular formula is C14H19NO3. The van der Waals surface area contributed by atoms with Gasteiger partial charge in [-0.3, -0.25) is 4.90 Å². The lowest BCUT2D eigenvalue weighted by Gasteiger charge is -2.35. The SMILES string of the molecule is CCc1ccccc1N1C(=O)OCCC1CCO. The maximum atomic E-state index is 12.0. The van der Waals surface area contributed by atoms with Crippen LogP contribution in [0.4, 0.5) is 10.5 Å². The minimum Gasteiger partial charge on any atom is -0.449 e. The van der Waals surface area contributed by atoms with Gasteiger partial charge in [0.15, 0.2) is 0 Å². The maximum Gasteiger partial charge on any atom is 0.414 e. The van der Waals surface area contributed by atoms with Gasteiger partial charge in [-0.2, -0.15) is 0 Å². The first-order valence-electron chi connectivity index (χ1n) is 6.42. The minimum atomic E-state index is -0.305. The lowest BCUT2D eigenvalue weighted by Crippen LogP contribution is -2.46. The van der Waals surface area contributed by atoms with E-state index in [1.807, 2.05) is 24.3 Å². The van der Waals surface area contributed by atoms with Crippen LogP contribution in [0.3, 0.4) is 0 Å². The number of hydrogen-bond acceptors (Lipinski definition) is 3. The Balaban J connectivity index is 2.34. The highest BCUT2D eigenvalue weighted by Crippen LogP contribution is 2.28. The van der Waals surface area contributed by atoms with Crippen LogP contribution in [-0.2, 0) is 11.2 Å². The van der Waals surface area contributed by atoms with E-state index in [0.717, 1.165) is 24.1 Å². The molecule has 2 rings (SSSR count). The van der Waals surface area contributed by atoms with Crippen molar-refractivity contribution >= 4 is 11.8 Å². The predicted octanol–water partition coefficient (Wildman–Crippen LogP) is 2.35. The molecule has 1 heterocycles. The molecule has 1 aliphatic heterocycles. The monoisotopic (exact) mass is 249 g/mol. The number of rotatable bonds is 4. The van der Waals surface area contributed by atoms with Crippen molar-refractivity contribution in [2.75, 3.05) is 18.1 Å². The highest BCUT2D eigenvalue weighted by atomic mass is 16.6. The van der Waals surface area contributed by atoms with Gasteiger partial charge in [-0.05, 0) is 24.5 Å². The van der Waals surface area contributed by atoms with E-state index in [9.17, 15) is 4.79 Å². The number of aryl methyl sites for hydroxylation is 1. The highest BCUT2D eigenvalue weighted by Gasteiger charge is 2.31. The summed E-state index contributed by atoms with van der Waals surface area (Å²) < 4.78 is 5.13. The summed E-state index contributed by atoms with van der Waals surface area (Å²) in [7, 11) is 0. The molecular weight excluding hydrogens is 230 g/mol. The van der Waals surface area contributed by atoms with Crippen LogP contribution < -0.4 is 4.90 Å². The zero-order chi connectivity index (χ0) is 13.0. The number of para-hydroxylation sites is 1. The quantitative estimate of drug-likeness (QED) is 0.891. The molecule has 1 aliphatic rings. The second-order valence-corrected chi connectivity index (χ2v) is 4.42. The van der Waals surface area contributed by atoms with Gasteiger partial charge < -0.3 is 9.84 Å². The van der Waals surface area contributed by atoms with Crippen molar-refractivity contribution in [3.05, 3.63) is 29.8 Å². The fourth-order valence-corrected chi connectivity index (χ4v) is 2.39. The van der Waals surface area contributed by atoms with E-state index in [1.54, 1.807) is 4.90 Å². The summed E-state index contributed by atoms with van der Waals surface area (Å²) in [6.07, 6.45) is 1.92. The fraction of sp³-hybridized carbons (Fsp3) is 0.500. The first-order chi connectivity index (χ1) is 8.77. The van der Waals surface area contributed by atoms with Crippen LogP contribution in [0.5, 0.6) is 0 Å². The summed E-state index contributed by atoms with van der Waals surface area (Å²) in [6.45, 7) is 2.59. The Morgan fingerprint density at radius 1 is 1.44 bits per heavy atom. The molecule has 1 fully saturated rings. The number of anilines is 1. The van der Waals surface area contributed by atoms with Gasteiger partial charge in [0, 0.05) is 19.1 Å². The van der Waals surface area contributed by atoms with Gasteiger partial charge in [0.1, 0.15) is 0 Å². The molecule has 0 aromatic heterocycles. The molecule has 1 atom stereocenters. The number of benzene rings is 1. The summed E-state index contributed by atoms with van der Waals surface area (Å²) in [5.41, 5.74) is 2.03. The predicted molar refractivity (Wildman–Crippen MR) is 69.8 cm³/mol. The van der Waals surface area contributed by atoms with Crippen molar-refractivity contribution in [2.45, 2.75) is 32.2 Å². The van der Waals surface area contributed by atoms with E-state index in [2.05, 4.69) is 6.92 Å². The number of carbonyl (C=O) groups is 1. The van der Waals surface area contributed by atoms with E-state index < -0.39 is 0 Å². The van der Waals surface area contributed by atoms with E-state index in [0.29, 0.717) is 13.0 Å². The molecule has 18 heavy (non-hydrogen) atoms. The second-order valence-electron chi connectivity index (χ2n) is 4.42. The van der Waals surface area contributed by atoms with E-state index in [-0.39, 0.29) is 18.7 Å². The molecule has 1 N–H and O–H groups in total. The van der Waals surface area contributed by atoms with Gasteiger partial charge in [0.2, 0.25) is 0 Å². The van der Waals surface area contributed by atoms with Crippen LogP contribution >= 0.6 is 0 Å². The molecule has 0 bridgehead atoms. The van der Waals surface area contributed by atoms with Crippen molar-refractivity contribution in [3.63, 3.8) is 0 Å². The number of aliphatic hydroxyl groups excluding tert-OH is 1. The summed E-state index contributed by atoms with van der Waals surface area (Å²) in [6, 6.07) is 7.89. The normalized spacial score (nSPS) is 19.8. The summed E-state index contributed by atoms with van der Waals surface area (Å²) in [5.74, 6) is 0. The van der Waals surface area contributed by atoms with Crippen LogP contribution in [0.15, 0.2) is 24.3 Å². The van der Waals surface area contributed by atoms with Crippen LogP contribution in [0.25, 0.3) is 0 Å². The Bertz CT molecular complexity index is 417. The Labute approximate surface area is 107 Å². The molecule has 1 unspecified atom stereocenters. The molecule has 98 valence electrons. The van der Waals surface area contributed by atoms with Gasteiger partial charge in [0.25, 0.3) is 0 Å². The third-order valence-electron chi connectivity index (χ3n) is 3.33. The Kier molecular flexibility index (Phi) is 4.20. The smallest absolute Gasteiger partial charge is 0.414 e. The Hall–Kier alpha value is -1.55. The summed E-state index contributed by atoms with van der Waals surface area (Å²) in [4.78, 5) is 13.7. The summed E-state index contributed by atoms with van der Waals surface area (Å²) >= 11 is 0. The first kappa shape index (κ1) is 12.9. The Morgan fingerprint density at radius 3 is 2.94 bits per heavy atom. The molecule has 1 aromatic carbocycles. The molecule has 0 saturated carbocycles. The molecule has 0 radical (unpaired) electrons. The van der Waals surface area contributed by atoms with Gasteiger partial charge in [0.05, 0.1) is 12.3 Å². The van der Waals surface area contributed by atoms with Crippen LogP contribution in [0, 0.1) is 0 Å². The van der Waals surface area contributed by atoms with Crippen LogP contribution in [0.1, 0.15) is 25.3 Å². The number of nitrogens with zero attached hydrogens (tertiary/aromatic N) is 1. The van der Waals surface area contributed by atoms with Crippen molar-refractivity contribution < 1.29 is 14.6 Å². The third-order valence-corrected chi connectivity index (χ3v) is 3.33. The molecule has 4 heteroatoms. The first-order valence-corrected chi connectivity index (χ1v) is 6.42. The maximum absolute atomic E-state index is 12.0. The Morgan fingerprint density at radius 2 is 2.22 bits per heavy atom. The molecule has 1 saturated heterocycles. The van der Waals surface area contributed by atoms with Crippen LogP contribution in [-0.4, -0.2) is 30.5 Å². The van der Waals surface area contributed by atoms with E-state index >= 15 is 0 Å². The van der Waals surface area contributed by atoms with Crippen molar-refractivity contribution in [1.29, 1.82) is 0 Å². The van der Waals surface area contributed by atoms with E-state index in [1.165, 1.54) is 0 Å². The topological polar surface area (TPSA) is 49.8 Å². The molecule has 0 aliphatic carbocycles. The van der Waals surface area contributed by atoms with Gasteiger partial charge >= 0.3 is 6.09 Å². The highest BCUT2D eigenvalue weighted by molar-refractivity contribution is 5.90. The standard InChI is InChI=1S/C14H19NO3/c1-2-11-5-3-4-6-13(11)15-12(7-9-16)8-10-18-14(15)17/h3-6,12,16H,2,7-10H2,1H3. The zero-order valence-corrected chi connectivity index (χ0v) is 10.6. The fourth-order valence-electron chi connectivity index (χ4n) is 2.39. The lowest BCUT2D eigenvalue weighted by molar-refractivity contribution is 0.124. The third kappa shape index (κ3) is 2.48.